The van der Waals surface area contributed by atoms with Crippen LogP contribution in [-0.2, 0) is 6.42 Å². The number of aryl methyl sites for hydroxylation is 1. The molecule has 3 nitrogen and oxygen atoms in total. The van der Waals surface area contributed by atoms with Crippen molar-refractivity contribution < 1.29 is 14.6 Å². The van der Waals surface area contributed by atoms with Crippen LogP contribution < -0.4 is 9.47 Å². The van der Waals surface area contributed by atoms with E-state index in [0.29, 0.717) is 28.5 Å². The number of ether oxygens (including phenoxy) is 2. The molecular weight excluding hydrogens is 288 g/mol. The van der Waals surface area contributed by atoms with E-state index in [1.165, 1.54) is 0 Å². The summed E-state index contributed by atoms with van der Waals surface area (Å²) in [5.41, 5.74) is 2.62. The first-order valence-corrected chi connectivity index (χ1v) is 7.08. The van der Waals surface area contributed by atoms with Gasteiger partial charge in [0.05, 0.1) is 25.9 Å². The average molecular weight is 307 g/mol. The van der Waals surface area contributed by atoms with Gasteiger partial charge in [-0.2, -0.15) is 0 Å². The Bertz CT molecular complexity index is 603. The molecule has 2 aromatic rings. The van der Waals surface area contributed by atoms with Crippen molar-refractivity contribution in [1.82, 2.24) is 0 Å². The zero-order chi connectivity index (χ0) is 15.4. The molecule has 1 N–H and O–H groups in total. The fourth-order valence-corrected chi connectivity index (χ4v) is 2.65. The lowest BCUT2D eigenvalue weighted by Crippen LogP contribution is -2.07. The molecule has 4 heteroatoms. The molecule has 0 fully saturated rings. The third-order valence-corrected chi connectivity index (χ3v) is 3.77. The Balaban J connectivity index is 2.33. The first kappa shape index (κ1) is 15.7. The van der Waals surface area contributed by atoms with E-state index in [9.17, 15) is 5.11 Å². The van der Waals surface area contributed by atoms with Gasteiger partial charge in [-0.25, -0.2) is 0 Å². The van der Waals surface area contributed by atoms with Crippen LogP contribution in [0.25, 0.3) is 0 Å². The molecule has 0 bridgehead atoms. The summed E-state index contributed by atoms with van der Waals surface area (Å²) in [5.74, 6) is 1.20. The number of rotatable bonds is 5. The summed E-state index contributed by atoms with van der Waals surface area (Å²) in [6.45, 7) is 1.98. The third kappa shape index (κ3) is 3.49. The van der Waals surface area contributed by atoms with Gasteiger partial charge in [0.15, 0.2) is 0 Å². The van der Waals surface area contributed by atoms with E-state index in [4.69, 9.17) is 21.1 Å². The van der Waals surface area contributed by atoms with Gasteiger partial charge in [-0.15, -0.1) is 0 Å². The maximum absolute atomic E-state index is 10.6. The standard InChI is InChI=1S/C17H19ClO3/c1-11-7-8-12(13(18)9-11)10-14(19)17-15(20-2)5-4-6-16(17)21-3/h4-9,14,19H,10H2,1-3H3. The first-order valence-electron chi connectivity index (χ1n) is 6.70. The summed E-state index contributed by atoms with van der Waals surface area (Å²) in [6.07, 6.45) is -0.355. The van der Waals surface area contributed by atoms with Crippen molar-refractivity contribution in [2.75, 3.05) is 14.2 Å². The zero-order valence-corrected chi connectivity index (χ0v) is 13.1. The molecule has 0 aromatic heterocycles. The summed E-state index contributed by atoms with van der Waals surface area (Å²) >= 11 is 6.23. The number of aliphatic hydroxyl groups excluding tert-OH is 1. The lowest BCUT2D eigenvalue weighted by molar-refractivity contribution is 0.169. The fraction of sp³-hybridized carbons (Fsp3) is 0.294. The molecule has 1 atom stereocenters. The van der Waals surface area contributed by atoms with Crippen molar-refractivity contribution in [3.05, 3.63) is 58.1 Å². The summed E-state index contributed by atoms with van der Waals surface area (Å²) in [5, 5.41) is 11.2. The Hall–Kier alpha value is -1.71. The van der Waals surface area contributed by atoms with E-state index in [1.807, 2.05) is 31.2 Å². The third-order valence-electron chi connectivity index (χ3n) is 3.42. The molecule has 0 aliphatic heterocycles. The van der Waals surface area contributed by atoms with Gasteiger partial charge in [-0.1, -0.05) is 29.8 Å². The minimum Gasteiger partial charge on any atom is -0.496 e. The van der Waals surface area contributed by atoms with Crippen molar-refractivity contribution >= 4 is 11.6 Å². The van der Waals surface area contributed by atoms with Crippen LogP contribution in [0.15, 0.2) is 36.4 Å². The lowest BCUT2D eigenvalue weighted by atomic mass is 9.99. The van der Waals surface area contributed by atoms with Gasteiger partial charge in [0, 0.05) is 11.4 Å². The highest BCUT2D eigenvalue weighted by Crippen LogP contribution is 2.36. The maximum atomic E-state index is 10.6. The van der Waals surface area contributed by atoms with Crippen LogP contribution in [0.3, 0.4) is 0 Å². The fourth-order valence-electron chi connectivity index (χ4n) is 2.34. The number of hydrogen-bond acceptors (Lipinski definition) is 3. The molecule has 0 saturated carbocycles. The van der Waals surface area contributed by atoms with Crippen molar-refractivity contribution in [2.45, 2.75) is 19.4 Å². The van der Waals surface area contributed by atoms with Crippen LogP contribution in [-0.4, -0.2) is 19.3 Å². The van der Waals surface area contributed by atoms with Gasteiger partial charge in [-0.3, -0.25) is 0 Å². The monoisotopic (exact) mass is 306 g/mol. The van der Waals surface area contributed by atoms with Gasteiger partial charge in [0.25, 0.3) is 0 Å². The molecular formula is C17H19ClO3. The SMILES string of the molecule is COc1cccc(OC)c1C(O)Cc1ccc(C)cc1Cl. The predicted octanol–water partition coefficient (Wildman–Crippen LogP) is 3.94. The Morgan fingerprint density at radius 1 is 1.10 bits per heavy atom. The van der Waals surface area contributed by atoms with Crippen molar-refractivity contribution in [1.29, 1.82) is 0 Å². The molecule has 1 unspecified atom stereocenters. The number of benzene rings is 2. The normalized spacial score (nSPS) is 12.0. The molecule has 0 aliphatic carbocycles. The highest BCUT2D eigenvalue weighted by atomic mass is 35.5. The van der Waals surface area contributed by atoms with Crippen molar-refractivity contribution in [3.8, 4) is 11.5 Å². The van der Waals surface area contributed by atoms with Gasteiger partial charge in [0.1, 0.15) is 11.5 Å². The van der Waals surface area contributed by atoms with Gasteiger partial charge >= 0.3 is 0 Å². The first-order chi connectivity index (χ1) is 10.1. The molecule has 0 aliphatic rings. The van der Waals surface area contributed by atoms with Crippen LogP contribution in [0.2, 0.25) is 5.02 Å². The number of halogens is 1. The summed E-state index contributed by atoms with van der Waals surface area (Å²) < 4.78 is 10.6. The molecule has 0 amide bonds. The molecule has 0 spiro atoms. The molecule has 112 valence electrons. The summed E-state index contributed by atoms with van der Waals surface area (Å²) in [6, 6.07) is 11.2. The van der Waals surface area contributed by atoms with E-state index < -0.39 is 6.10 Å². The number of aliphatic hydroxyl groups is 1. The Morgan fingerprint density at radius 2 is 1.71 bits per heavy atom. The molecule has 0 radical (unpaired) electrons. The maximum Gasteiger partial charge on any atom is 0.128 e. The summed E-state index contributed by atoms with van der Waals surface area (Å²) in [4.78, 5) is 0. The van der Waals surface area contributed by atoms with Crippen LogP contribution in [0, 0.1) is 6.92 Å². The summed E-state index contributed by atoms with van der Waals surface area (Å²) in [7, 11) is 3.15. The molecule has 21 heavy (non-hydrogen) atoms. The highest BCUT2D eigenvalue weighted by molar-refractivity contribution is 6.31. The van der Waals surface area contributed by atoms with Crippen molar-refractivity contribution in [3.63, 3.8) is 0 Å². The number of methoxy groups -OCH3 is 2. The highest BCUT2D eigenvalue weighted by Gasteiger charge is 2.20. The quantitative estimate of drug-likeness (QED) is 0.909. The Morgan fingerprint density at radius 3 is 2.24 bits per heavy atom. The second-order valence-corrected chi connectivity index (χ2v) is 5.30. The molecule has 0 heterocycles. The van der Waals surface area contributed by atoms with E-state index in [2.05, 4.69) is 0 Å². The molecule has 2 rings (SSSR count). The largest absolute Gasteiger partial charge is 0.496 e. The zero-order valence-electron chi connectivity index (χ0n) is 12.4. The van der Waals surface area contributed by atoms with Gasteiger partial charge < -0.3 is 14.6 Å². The Labute approximate surface area is 130 Å². The van der Waals surface area contributed by atoms with Crippen LogP contribution in [0.1, 0.15) is 22.8 Å². The predicted molar refractivity (Wildman–Crippen MR) is 84.4 cm³/mol. The minimum absolute atomic E-state index is 0.399. The van der Waals surface area contributed by atoms with Gasteiger partial charge in [0.2, 0.25) is 0 Å². The Kier molecular flexibility index (Phi) is 5.10. The van der Waals surface area contributed by atoms with E-state index in [1.54, 1.807) is 26.4 Å². The van der Waals surface area contributed by atoms with E-state index in [-0.39, 0.29) is 0 Å². The molecule has 0 saturated heterocycles. The minimum atomic E-state index is -0.753. The van der Waals surface area contributed by atoms with Crippen LogP contribution in [0.4, 0.5) is 0 Å². The molecule has 2 aromatic carbocycles. The second kappa shape index (κ2) is 6.83. The average Bonchev–Trinajstić information content (AvgIpc) is 2.49. The van der Waals surface area contributed by atoms with E-state index >= 15 is 0 Å². The van der Waals surface area contributed by atoms with E-state index in [0.717, 1.165) is 11.1 Å². The topological polar surface area (TPSA) is 38.7 Å². The van der Waals surface area contributed by atoms with Crippen molar-refractivity contribution in [2.24, 2.45) is 0 Å². The van der Waals surface area contributed by atoms with Crippen LogP contribution in [0.5, 0.6) is 11.5 Å². The lowest BCUT2D eigenvalue weighted by Gasteiger charge is -2.18. The van der Waals surface area contributed by atoms with Crippen LogP contribution >= 0.6 is 11.6 Å². The van der Waals surface area contributed by atoms with Gasteiger partial charge in [-0.05, 0) is 36.2 Å². The second-order valence-electron chi connectivity index (χ2n) is 4.89. The smallest absolute Gasteiger partial charge is 0.128 e. The number of hydrogen-bond donors (Lipinski definition) is 1.